The zero-order valence-corrected chi connectivity index (χ0v) is 24.7. The molecule has 0 radical (unpaired) electrons. The van der Waals surface area contributed by atoms with Crippen molar-refractivity contribution in [3.05, 3.63) is 65.8 Å². The number of carbonyl (C=O) groups is 2. The first kappa shape index (κ1) is 29.0. The number of halogens is 1. The Morgan fingerprint density at radius 1 is 1.33 bits per heavy atom. The molecule has 12 heteroatoms. The topological polar surface area (TPSA) is 112 Å². The molecule has 0 saturated carbocycles. The highest BCUT2D eigenvalue weighted by Gasteiger charge is 2.40. The van der Waals surface area contributed by atoms with Gasteiger partial charge in [0.25, 0.3) is 0 Å². The van der Waals surface area contributed by atoms with Crippen LogP contribution in [0.5, 0.6) is 0 Å². The molecule has 0 fully saturated rings. The molecule has 208 valence electrons. The van der Waals surface area contributed by atoms with Crippen LogP contribution < -0.4 is 4.90 Å². The lowest BCUT2D eigenvalue weighted by Crippen LogP contribution is -2.36. The number of esters is 1. The summed E-state index contributed by atoms with van der Waals surface area (Å²) in [5.41, 5.74) is 1.48. The molecule has 3 aromatic heterocycles. The summed E-state index contributed by atoms with van der Waals surface area (Å²) in [7, 11) is 0. The molecule has 0 N–H and O–H groups in total. The van der Waals surface area contributed by atoms with Crippen LogP contribution in [0, 0.1) is 17.0 Å². The van der Waals surface area contributed by atoms with Gasteiger partial charge in [0.15, 0.2) is 0 Å². The Kier molecular flexibility index (Phi) is 8.63. The van der Waals surface area contributed by atoms with Gasteiger partial charge in [0.1, 0.15) is 10.8 Å². The van der Waals surface area contributed by atoms with E-state index in [-0.39, 0.29) is 29.6 Å². The summed E-state index contributed by atoms with van der Waals surface area (Å²) >= 11 is 9.35. The van der Waals surface area contributed by atoms with Gasteiger partial charge in [-0.25, -0.2) is 14.6 Å². The third-order valence-corrected chi connectivity index (χ3v) is 8.80. The van der Waals surface area contributed by atoms with E-state index >= 15 is 0 Å². The first-order valence-corrected chi connectivity index (χ1v) is 14.6. The number of anilines is 1. The van der Waals surface area contributed by atoms with Crippen molar-refractivity contribution < 1.29 is 24.0 Å². The number of rotatable bonds is 7. The molecule has 2 atom stereocenters. The van der Waals surface area contributed by atoms with Gasteiger partial charge in [0.05, 0.1) is 35.0 Å². The summed E-state index contributed by atoms with van der Waals surface area (Å²) in [6, 6.07) is 4.47. The Morgan fingerprint density at radius 2 is 2.08 bits per heavy atom. The van der Waals surface area contributed by atoms with Crippen molar-refractivity contribution in [2.75, 3.05) is 11.5 Å². The molecule has 0 unspecified atom stereocenters. The molecule has 9 nitrogen and oxygen atoms in total. The van der Waals surface area contributed by atoms with Gasteiger partial charge in [-0.2, -0.15) is 0 Å². The average Bonchev–Trinajstić information content (AvgIpc) is 3.49. The fraction of sp³-hybridized carbons (Fsp3) is 0.444. The normalized spacial score (nSPS) is 17.5. The molecule has 4 rings (SSSR count). The minimum absolute atomic E-state index is 0.0202. The molecule has 1 aliphatic carbocycles. The maximum absolute atomic E-state index is 13.4. The minimum atomic E-state index is -1.01. The number of aryl methyl sites for hydroxylation is 1. The van der Waals surface area contributed by atoms with Crippen LogP contribution in [0.1, 0.15) is 61.8 Å². The number of thiophene rings is 2. The largest absolute Gasteiger partial charge is 0.463 e. The van der Waals surface area contributed by atoms with Crippen LogP contribution in [0.4, 0.5) is 10.5 Å². The van der Waals surface area contributed by atoms with Crippen LogP contribution in [0.15, 0.2) is 35.2 Å². The Bertz CT molecular complexity index is 1430. The average molecular weight is 592 g/mol. The maximum Gasteiger partial charge on any atom is 0.415 e. The Balaban J connectivity index is 1.82. The van der Waals surface area contributed by atoms with Crippen molar-refractivity contribution in [3.8, 4) is 0 Å². The first-order chi connectivity index (χ1) is 18.4. The fourth-order valence-electron chi connectivity index (χ4n) is 4.60. The van der Waals surface area contributed by atoms with E-state index in [1.165, 1.54) is 27.6 Å². The van der Waals surface area contributed by atoms with Gasteiger partial charge in [-0.15, -0.1) is 22.7 Å². The number of hydrogen-bond acceptors (Lipinski definition) is 9. The number of nitro groups is 1. The van der Waals surface area contributed by atoms with Crippen LogP contribution in [0.3, 0.4) is 0 Å². The predicted octanol–water partition coefficient (Wildman–Crippen LogP) is 7.27. The van der Waals surface area contributed by atoms with Crippen molar-refractivity contribution in [2.45, 2.75) is 71.6 Å². The van der Waals surface area contributed by atoms with Gasteiger partial charge in [-0.1, -0.05) is 23.7 Å². The van der Waals surface area contributed by atoms with Gasteiger partial charge in [-0.05, 0) is 58.0 Å². The summed E-state index contributed by atoms with van der Waals surface area (Å²) in [6.07, 6.45) is 1.49. The van der Waals surface area contributed by atoms with E-state index in [9.17, 15) is 19.7 Å². The molecule has 0 aromatic carbocycles. The number of amides is 1. The monoisotopic (exact) mass is 591 g/mol. The van der Waals surface area contributed by atoms with Gasteiger partial charge in [0, 0.05) is 32.7 Å². The molecule has 0 bridgehead atoms. The van der Waals surface area contributed by atoms with E-state index in [0.29, 0.717) is 27.9 Å². The predicted molar refractivity (Wildman–Crippen MR) is 154 cm³/mol. The summed E-state index contributed by atoms with van der Waals surface area (Å²) in [5, 5.41) is 14.3. The first-order valence-electron chi connectivity index (χ1n) is 12.5. The molecular weight excluding hydrogens is 562 g/mol. The van der Waals surface area contributed by atoms with Gasteiger partial charge >= 0.3 is 12.1 Å². The molecule has 3 heterocycles. The van der Waals surface area contributed by atoms with Gasteiger partial charge in [-0.3, -0.25) is 15.0 Å². The van der Waals surface area contributed by atoms with Crippen molar-refractivity contribution in [3.63, 3.8) is 0 Å². The lowest BCUT2D eigenvalue weighted by atomic mass is 9.83. The van der Waals surface area contributed by atoms with Crippen molar-refractivity contribution in [2.24, 2.45) is 0 Å². The summed E-state index contributed by atoms with van der Waals surface area (Å²) in [6.45, 7) is 9.43. The number of allylic oxidation sites excluding steroid dienone is 1. The number of fused-ring (bicyclic) bond motifs is 1. The SMILES string of the molecule is CCOC(=O)C1=CC[C@H](c2sc3c(N(Cc4cccs4)C(=O)OC(C)(C)C)cc(Cl)nc3c2C)[C@@H]([N+](=O)[O-])C1. The van der Waals surface area contributed by atoms with Gasteiger partial charge in [0.2, 0.25) is 6.04 Å². The molecular formula is C27H30ClN3O6S2. The number of aromatic nitrogens is 1. The smallest absolute Gasteiger partial charge is 0.415 e. The second-order valence-electron chi connectivity index (χ2n) is 10.2. The molecule has 39 heavy (non-hydrogen) atoms. The quantitative estimate of drug-likeness (QED) is 0.123. The lowest BCUT2D eigenvalue weighted by Gasteiger charge is -2.27. The molecule has 0 spiro atoms. The summed E-state index contributed by atoms with van der Waals surface area (Å²) < 4.78 is 11.5. The van der Waals surface area contributed by atoms with E-state index in [2.05, 4.69) is 4.98 Å². The highest BCUT2D eigenvalue weighted by Crippen LogP contribution is 2.46. The standard InChI is InChI=1S/C27H30ClN3O6S2/c1-6-36-25(32)16-9-10-18(19(12-16)31(34)35)23-15(2)22-24(39-23)20(13-21(28)29-22)30(14-17-8-7-11-38-17)26(33)37-27(3,4)5/h7-9,11,13,18-19H,6,10,12,14H2,1-5H3/t18-,19-/m0/s1. The highest BCUT2D eigenvalue weighted by atomic mass is 35.5. The molecule has 3 aromatic rings. The fourth-order valence-corrected chi connectivity index (χ4v) is 6.92. The van der Waals surface area contributed by atoms with Crippen molar-refractivity contribution in [1.29, 1.82) is 0 Å². The third kappa shape index (κ3) is 6.42. The molecule has 1 aliphatic rings. The maximum atomic E-state index is 13.4. The minimum Gasteiger partial charge on any atom is -0.463 e. The number of nitrogens with zero attached hydrogens (tertiary/aromatic N) is 3. The zero-order chi connectivity index (χ0) is 28.5. The number of hydrogen-bond donors (Lipinski definition) is 0. The zero-order valence-electron chi connectivity index (χ0n) is 22.4. The van der Waals surface area contributed by atoms with Crippen LogP contribution in [0.2, 0.25) is 5.15 Å². The van der Waals surface area contributed by atoms with Crippen LogP contribution in [-0.2, 0) is 20.8 Å². The van der Waals surface area contributed by atoms with E-state index in [0.717, 1.165) is 15.3 Å². The van der Waals surface area contributed by atoms with E-state index in [4.69, 9.17) is 21.1 Å². The van der Waals surface area contributed by atoms with Crippen LogP contribution in [-0.4, -0.2) is 40.2 Å². The molecule has 0 saturated heterocycles. The number of ether oxygens (including phenoxy) is 2. The summed E-state index contributed by atoms with van der Waals surface area (Å²) in [5.74, 6) is -0.996. The third-order valence-electron chi connectivity index (χ3n) is 6.31. The van der Waals surface area contributed by atoms with Crippen LogP contribution >= 0.6 is 34.3 Å². The van der Waals surface area contributed by atoms with E-state index in [1.54, 1.807) is 39.8 Å². The lowest BCUT2D eigenvalue weighted by molar-refractivity contribution is -0.526. The second kappa shape index (κ2) is 11.6. The number of pyridine rings is 1. The molecule has 0 aliphatic heterocycles. The van der Waals surface area contributed by atoms with Gasteiger partial charge < -0.3 is 9.47 Å². The van der Waals surface area contributed by atoms with Crippen LogP contribution in [0.25, 0.3) is 10.2 Å². The van der Waals surface area contributed by atoms with Crippen molar-refractivity contribution in [1.82, 2.24) is 4.98 Å². The van der Waals surface area contributed by atoms with Crippen molar-refractivity contribution >= 4 is 62.2 Å². The summed E-state index contributed by atoms with van der Waals surface area (Å²) in [4.78, 5) is 45.4. The Morgan fingerprint density at radius 3 is 2.69 bits per heavy atom. The molecule has 1 amide bonds. The second-order valence-corrected chi connectivity index (χ2v) is 12.7. The Hall–Kier alpha value is -3.02. The Labute approximate surface area is 239 Å². The van der Waals surface area contributed by atoms with E-state index < -0.39 is 29.6 Å². The van der Waals surface area contributed by atoms with E-state index in [1.807, 2.05) is 24.4 Å². The highest BCUT2D eigenvalue weighted by molar-refractivity contribution is 7.20. The number of carbonyl (C=O) groups excluding carboxylic acids is 2.